The molecule has 0 saturated carbocycles. The molecule has 21 heavy (non-hydrogen) atoms. The molecule has 1 aliphatic heterocycles. The molecule has 1 saturated heterocycles. The second-order valence-corrected chi connectivity index (χ2v) is 5.35. The van der Waals surface area contributed by atoms with Crippen molar-refractivity contribution in [3.8, 4) is 0 Å². The first-order chi connectivity index (χ1) is 10.0. The molecule has 3 rings (SSSR count). The number of aromatic nitrogens is 1. The molecule has 1 aromatic carbocycles. The van der Waals surface area contributed by atoms with Gasteiger partial charge in [-0.3, -0.25) is 9.36 Å². The van der Waals surface area contributed by atoms with Crippen LogP contribution in [0, 0.1) is 6.92 Å². The van der Waals surface area contributed by atoms with Crippen LogP contribution in [0.3, 0.4) is 0 Å². The Kier molecular flexibility index (Phi) is 3.54. The molecule has 0 amide bonds. The third-order valence-electron chi connectivity index (χ3n) is 3.88. The number of fused-ring (bicyclic) bond motifs is 1. The van der Waals surface area contributed by atoms with E-state index in [0.717, 1.165) is 10.9 Å². The number of ether oxygens (including phenoxy) is 1. The number of hydrogen-bond acceptors (Lipinski definition) is 5. The van der Waals surface area contributed by atoms with Crippen LogP contribution in [-0.2, 0) is 4.74 Å². The summed E-state index contributed by atoms with van der Waals surface area (Å²) in [7, 11) is 0. The van der Waals surface area contributed by atoms with Gasteiger partial charge in [-0.2, -0.15) is 0 Å². The fourth-order valence-electron chi connectivity index (χ4n) is 2.69. The van der Waals surface area contributed by atoms with Crippen molar-refractivity contribution in [2.24, 2.45) is 0 Å². The van der Waals surface area contributed by atoms with Gasteiger partial charge in [-0.25, -0.2) is 0 Å². The highest BCUT2D eigenvalue weighted by atomic mass is 16.6. The number of nitrogens with zero attached hydrogens (tertiary/aromatic N) is 1. The van der Waals surface area contributed by atoms with Crippen molar-refractivity contribution in [1.29, 1.82) is 0 Å². The monoisotopic (exact) mass is 291 g/mol. The number of aliphatic hydroxyl groups excluding tert-OH is 3. The first kappa shape index (κ1) is 14.2. The van der Waals surface area contributed by atoms with E-state index in [1.54, 1.807) is 12.1 Å². The van der Waals surface area contributed by atoms with E-state index in [9.17, 15) is 15.0 Å². The quantitative estimate of drug-likeness (QED) is 0.720. The minimum atomic E-state index is -1.26. The summed E-state index contributed by atoms with van der Waals surface area (Å²) >= 11 is 0. The van der Waals surface area contributed by atoms with Gasteiger partial charge in [0.2, 0.25) is 0 Å². The lowest BCUT2D eigenvalue weighted by molar-refractivity contribution is -0.0541. The maximum Gasteiger partial charge on any atom is 0.260 e. The Morgan fingerprint density at radius 2 is 2.00 bits per heavy atom. The summed E-state index contributed by atoms with van der Waals surface area (Å²) in [5.74, 6) is 0. The maximum atomic E-state index is 12.5. The Hall–Kier alpha value is -1.73. The maximum absolute atomic E-state index is 12.5. The van der Waals surface area contributed by atoms with Gasteiger partial charge in [-0.15, -0.1) is 0 Å². The van der Waals surface area contributed by atoms with Gasteiger partial charge in [0.1, 0.15) is 18.3 Å². The van der Waals surface area contributed by atoms with Crippen molar-refractivity contribution in [3.05, 3.63) is 46.4 Å². The smallest absolute Gasteiger partial charge is 0.260 e. The number of hydrogen-bond donors (Lipinski definition) is 3. The number of rotatable bonds is 2. The molecule has 0 radical (unpaired) electrons. The predicted molar refractivity (Wildman–Crippen MR) is 76.0 cm³/mol. The van der Waals surface area contributed by atoms with Gasteiger partial charge in [0.05, 0.1) is 6.61 Å². The highest BCUT2D eigenvalue weighted by Gasteiger charge is 2.43. The molecule has 112 valence electrons. The van der Waals surface area contributed by atoms with Crippen LogP contribution >= 0.6 is 0 Å². The van der Waals surface area contributed by atoms with Crippen LogP contribution in [0.2, 0.25) is 0 Å². The third kappa shape index (κ3) is 2.26. The van der Waals surface area contributed by atoms with E-state index >= 15 is 0 Å². The normalized spacial score (nSPS) is 29.1. The van der Waals surface area contributed by atoms with Crippen molar-refractivity contribution in [3.63, 3.8) is 0 Å². The Labute approximate surface area is 120 Å². The molecule has 0 bridgehead atoms. The van der Waals surface area contributed by atoms with Gasteiger partial charge in [0, 0.05) is 11.6 Å². The summed E-state index contributed by atoms with van der Waals surface area (Å²) in [5, 5.41) is 30.2. The molecule has 1 unspecified atom stereocenters. The number of aliphatic hydroxyl groups is 3. The molecular formula is C15H17NO5. The Morgan fingerprint density at radius 3 is 2.67 bits per heavy atom. The van der Waals surface area contributed by atoms with E-state index in [4.69, 9.17) is 9.84 Å². The van der Waals surface area contributed by atoms with Gasteiger partial charge >= 0.3 is 0 Å². The zero-order valence-electron chi connectivity index (χ0n) is 11.5. The van der Waals surface area contributed by atoms with Crippen LogP contribution in [0.25, 0.3) is 10.8 Å². The summed E-state index contributed by atoms with van der Waals surface area (Å²) in [5.41, 5.74) is 0.745. The summed E-state index contributed by atoms with van der Waals surface area (Å²) < 4.78 is 6.64. The number of benzene rings is 1. The van der Waals surface area contributed by atoms with E-state index in [-0.39, 0.29) is 5.56 Å². The average Bonchev–Trinajstić information content (AvgIpc) is 2.75. The van der Waals surface area contributed by atoms with Crippen LogP contribution < -0.4 is 5.56 Å². The Morgan fingerprint density at radius 1 is 1.24 bits per heavy atom. The van der Waals surface area contributed by atoms with Crippen LogP contribution in [0.5, 0.6) is 0 Å². The van der Waals surface area contributed by atoms with Gasteiger partial charge < -0.3 is 20.1 Å². The molecule has 0 aliphatic carbocycles. The predicted octanol–water partition coefficient (Wildman–Crippen LogP) is -0.0786. The Bertz CT molecular complexity index is 726. The lowest BCUT2D eigenvalue weighted by Gasteiger charge is -2.18. The lowest BCUT2D eigenvalue weighted by atomic mass is 10.1. The van der Waals surface area contributed by atoms with Crippen LogP contribution in [0.1, 0.15) is 11.8 Å². The SMILES string of the molecule is Cc1ccc2c(=O)n(C3O[C@H](CO)[C@@H](O)[C@H]3O)ccc2c1. The molecular weight excluding hydrogens is 274 g/mol. The first-order valence-corrected chi connectivity index (χ1v) is 6.77. The van der Waals surface area contributed by atoms with Gasteiger partial charge in [-0.05, 0) is 24.4 Å². The summed E-state index contributed by atoms with van der Waals surface area (Å²) in [6, 6.07) is 7.23. The highest BCUT2D eigenvalue weighted by Crippen LogP contribution is 2.28. The van der Waals surface area contributed by atoms with E-state index in [1.807, 2.05) is 19.1 Å². The topological polar surface area (TPSA) is 91.9 Å². The van der Waals surface area contributed by atoms with Crippen molar-refractivity contribution in [1.82, 2.24) is 4.57 Å². The standard InChI is InChI=1S/C15H17NO5/c1-8-2-3-10-9(6-8)4-5-16(14(10)20)15-13(19)12(18)11(7-17)21-15/h2-6,11-13,15,17-19H,7H2,1H3/t11-,12-,13-,15?/m1/s1. The summed E-state index contributed by atoms with van der Waals surface area (Å²) in [6.45, 7) is 1.52. The second-order valence-electron chi connectivity index (χ2n) is 5.35. The van der Waals surface area contributed by atoms with Crippen molar-refractivity contribution >= 4 is 10.8 Å². The van der Waals surface area contributed by atoms with Crippen LogP contribution in [0.15, 0.2) is 35.3 Å². The molecule has 6 heteroatoms. The highest BCUT2D eigenvalue weighted by molar-refractivity contribution is 5.82. The summed E-state index contributed by atoms with van der Waals surface area (Å²) in [4.78, 5) is 12.5. The molecule has 6 nitrogen and oxygen atoms in total. The van der Waals surface area contributed by atoms with E-state index in [1.165, 1.54) is 10.8 Å². The van der Waals surface area contributed by atoms with E-state index in [0.29, 0.717) is 5.39 Å². The third-order valence-corrected chi connectivity index (χ3v) is 3.88. The second kappa shape index (κ2) is 5.23. The molecule has 0 spiro atoms. The number of pyridine rings is 1. The van der Waals surface area contributed by atoms with Crippen LogP contribution in [-0.4, -0.2) is 44.8 Å². The van der Waals surface area contributed by atoms with Gasteiger partial charge in [-0.1, -0.05) is 17.7 Å². The van der Waals surface area contributed by atoms with Crippen LogP contribution in [0.4, 0.5) is 0 Å². The minimum absolute atomic E-state index is 0.303. The molecule has 1 aliphatic rings. The van der Waals surface area contributed by atoms with Crippen molar-refractivity contribution in [2.45, 2.75) is 31.5 Å². The molecule has 3 N–H and O–H groups in total. The fraction of sp³-hybridized carbons (Fsp3) is 0.400. The van der Waals surface area contributed by atoms with Gasteiger partial charge in [0.15, 0.2) is 6.23 Å². The molecule has 1 fully saturated rings. The average molecular weight is 291 g/mol. The van der Waals surface area contributed by atoms with Crippen molar-refractivity contribution in [2.75, 3.05) is 6.61 Å². The van der Waals surface area contributed by atoms with Crippen molar-refractivity contribution < 1.29 is 20.1 Å². The fourth-order valence-corrected chi connectivity index (χ4v) is 2.69. The zero-order valence-corrected chi connectivity index (χ0v) is 11.5. The van der Waals surface area contributed by atoms with E-state index < -0.39 is 31.1 Å². The largest absolute Gasteiger partial charge is 0.394 e. The zero-order chi connectivity index (χ0) is 15.1. The molecule has 2 aromatic rings. The van der Waals surface area contributed by atoms with E-state index in [2.05, 4.69) is 0 Å². The lowest BCUT2D eigenvalue weighted by Crippen LogP contribution is -2.35. The first-order valence-electron chi connectivity index (χ1n) is 6.77. The Balaban J connectivity index is 2.08. The molecule has 2 heterocycles. The van der Waals surface area contributed by atoms with Gasteiger partial charge in [0.25, 0.3) is 5.56 Å². The number of aryl methyl sites for hydroxylation is 1. The summed E-state index contributed by atoms with van der Waals surface area (Å²) in [6.07, 6.45) is -2.85. The molecule has 4 atom stereocenters. The minimum Gasteiger partial charge on any atom is -0.394 e. The molecule has 1 aromatic heterocycles.